The van der Waals surface area contributed by atoms with Crippen molar-refractivity contribution in [1.82, 2.24) is 15.2 Å². The van der Waals surface area contributed by atoms with E-state index in [1.165, 1.54) is 5.39 Å². The number of hydrogen-bond donors (Lipinski definition) is 2. The van der Waals surface area contributed by atoms with Crippen molar-refractivity contribution < 1.29 is 4.79 Å². The molecule has 3 rings (SSSR count). The molecule has 2 N–H and O–H groups in total. The van der Waals surface area contributed by atoms with Crippen LogP contribution in [0.2, 0.25) is 0 Å². The lowest BCUT2D eigenvalue weighted by Gasteiger charge is -2.12. The second kappa shape index (κ2) is 4.75. The van der Waals surface area contributed by atoms with Crippen LogP contribution in [0.25, 0.3) is 10.9 Å². The highest BCUT2D eigenvalue weighted by atomic mass is 32.1. The Kier molecular flexibility index (Phi) is 3.08. The number of fused-ring (bicyclic) bond motifs is 1. The van der Waals surface area contributed by atoms with Gasteiger partial charge in [0, 0.05) is 29.5 Å². The fourth-order valence-electron chi connectivity index (χ4n) is 2.57. The zero-order chi connectivity index (χ0) is 13.4. The number of hydrogen-bond acceptors (Lipinski definition) is 3. The third-order valence-corrected chi connectivity index (χ3v) is 3.92. The minimum Gasteiger partial charge on any atom is -0.361 e. The van der Waals surface area contributed by atoms with Gasteiger partial charge in [0.05, 0.1) is 6.04 Å². The number of likely N-dealkylation sites (N-methyl/N-ethyl adjacent to an activating group) is 1. The SMILES string of the molecule is CN1C(=O)C(Cc2c[nH]c3ccccc23)NC1C=S. The van der Waals surface area contributed by atoms with Crippen molar-refractivity contribution in [2.24, 2.45) is 0 Å². The van der Waals surface area contributed by atoms with E-state index < -0.39 is 0 Å². The summed E-state index contributed by atoms with van der Waals surface area (Å²) < 4.78 is 0. The van der Waals surface area contributed by atoms with Gasteiger partial charge in [-0.2, -0.15) is 0 Å². The maximum absolute atomic E-state index is 12.1. The summed E-state index contributed by atoms with van der Waals surface area (Å²) in [5.41, 5.74) is 2.25. The molecule has 0 spiro atoms. The van der Waals surface area contributed by atoms with Crippen molar-refractivity contribution in [2.45, 2.75) is 18.6 Å². The van der Waals surface area contributed by atoms with Gasteiger partial charge in [-0.3, -0.25) is 10.1 Å². The summed E-state index contributed by atoms with van der Waals surface area (Å²) >= 11 is 4.93. The van der Waals surface area contributed by atoms with Gasteiger partial charge in [-0.15, -0.1) is 0 Å². The molecule has 5 heteroatoms. The number of para-hydroxylation sites is 1. The number of carbonyl (C=O) groups excluding carboxylic acids is 1. The van der Waals surface area contributed by atoms with Crippen LogP contribution >= 0.6 is 12.2 Å². The van der Waals surface area contributed by atoms with Crippen molar-refractivity contribution >= 4 is 34.4 Å². The highest BCUT2D eigenvalue weighted by Gasteiger charge is 2.35. The van der Waals surface area contributed by atoms with Crippen LogP contribution in [0.15, 0.2) is 30.5 Å². The summed E-state index contributed by atoms with van der Waals surface area (Å²) in [5, 5.41) is 6.01. The number of amides is 1. The Labute approximate surface area is 116 Å². The van der Waals surface area contributed by atoms with Gasteiger partial charge < -0.3 is 9.88 Å². The molecule has 0 radical (unpaired) electrons. The largest absolute Gasteiger partial charge is 0.361 e. The number of H-pyrrole nitrogens is 1. The Morgan fingerprint density at radius 2 is 2.21 bits per heavy atom. The number of nitrogens with zero attached hydrogens (tertiary/aromatic N) is 1. The van der Waals surface area contributed by atoms with E-state index in [0.29, 0.717) is 6.42 Å². The van der Waals surface area contributed by atoms with Crippen LogP contribution in [0, 0.1) is 0 Å². The number of thiocarbonyl (C=S) groups is 1. The van der Waals surface area contributed by atoms with Crippen molar-refractivity contribution in [1.29, 1.82) is 0 Å². The van der Waals surface area contributed by atoms with Gasteiger partial charge in [-0.25, -0.2) is 0 Å². The summed E-state index contributed by atoms with van der Waals surface area (Å²) in [6.07, 6.45) is 2.51. The number of rotatable bonds is 3. The average Bonchev–Trinajstić information content (AvgIpc) is 2.96. The quantitative estimate of drug-likeness (QED) is 0.833. The van der Waals surface area contributed by atoms with Crippen LogP contribution in [0.4, 0.5) is 0 Å². The molecule has 2 aromatic rings. The number of aromatic nitrogens is 1. The van der Waals surface area contributed by atoms with Crippen molar-refractivity contribution in [2.75, 3.05) is 7.05 Å². The van der Waals surface area contributed by atoms with Gasteiger partial charge in [-0.05, 0) is 18.1 Å². The molecule has 1 aromatic heterocycles. The van der Waals surface area contributed by atoms with Gasteiger partial charge >= 0.3 is 0 Å². The zero-order valence-electron chi connectivity index (χ0n) is 10.6. The summed E-state index contributed by atoms with van der Waals surface area (Å²) in [6.45, 7) is 0. The first-order valence-electron chi connectivity index (χ1n) is 6.23. The maximum atomic E-state index is 12.1. The first kappa shape index (κ1) is 12.3. The van der Waals surface area contributed by atoms with E-state index in [9.17, 15) is 4.79 Å². The van der Waals surface area contributed by atoms with Crippen LogP contribution in [-0.2, 0) is 11.2 Å². The lowest BCUT2D eigenvalue weighted by Crippen LogP contribution is -2.35. The maximum Gasteiger partial charge on any atom is 0.241 e. The molecule has 2 unspecified atom stereocenters. The van der Waals surface area contributed by atoms with E-state index in [4.69, 9.17) is 12.2 Å². The Morgan fingerprint density at radius 1 is 1.42 bits per heavy atom. The van der Waals surface area contributed by atoms with E-state index in [0.717, 1.165) is 11.1 Å². The molecule has 0 bridgehead atoms. The first-order chi connectivity index (χ1) is 9.20. The monoisotopic (exact) mass is 273 g/mol. The lowest BCUT2D eigenvalue weighted by molar-refractivity contribution is -0.128. The van der Waals surface area contributed by atoms with Gasteiger partial charge in [0.15, 0.2) is 0 Å². The van der Waals surface area contributed by atoms with E-state index in [2.05, 4.69) is 16.4 Å². The number of carbonyl (C=O) groups is 1. The van der Waals surface area contributed by atoms with Crippen molar-refractivity contribution in [3.05, 3.63) is 36.0 Å². The Balaban J connectivity index is 1.86. The standard InChI is InChI=1S/C14H15N3OS/c1-17-13(8-19)16-12(14(17)18)6-9-7-15-11-5-3-2-4-10(9)11/h2-5,7-8,12-13,15-16H,6H2,1H3. The number of aromatic amines is 1. The Hall–Kier alpha value is -1.72. The second-order valence-corrected chi connectivity index (χ2v) is 5.09. The van der Waals surface area contributed by atoms with Gasteiger partial charge in [-0.1, -0.05) is 30.4 Å². The minimum absolute atomic E-state index is 0.0939. The summed E-state index contributed by atoms with van der Waals surface area (Å²) in [6, 6.07) is 7.91. The van der Waals surface area contributed by atoms with Crippen molar-refractivity contribution in [3.63, 3.8) is 0 Å². The Bertz CT molecular complexity index is 636. The van der Waals surface area contributed by atoms with Gasteiger partial charge in [0.25, 0.3) is 0 Å². The number of benzene rings is 1. The highest BCUT2D eigenvalue weighted by molar-refractivity contribution is 7.79. The van der Waals surface area contributed by atoms with Crippen LogP contribution in [0.3, 0.4) is 0 Å². The fraction of sp³-hybridized carbons (Fsp3) is 0.286. The van der Waals surface area contributed by atoms with Crippen LogP contribution in [0.5, 0.6) is 0 Å². The molecule has 0 aliphatic carbocycles. The third kappa shape index (κ3) is 2.05. The molecule has 2 atom stereocenters. The van der Waals surface area contributed by atoms with Gasteiger partial charge in [0.1, 0.15) is 6.17 Å². The minimum atomic E-state index is -0.201. The molecule has 2 heterocycles. The molecule has 0 saturated carbocycles. The molecule has 1 aliphatic heterocycles. The van der Waals surface area contributed by atoms with E-state index in [1.54, 1.807) is 17.3 Å². The van der Waals surface area contributed by atoms with Crippen LogP contribution in [0.1, 0.15) is 5.56 Å². The molecule has 1 aliphatic rings. The van der Waals surface area contributed by atoms with Crippen LogP contribution < -0.4 is 5.32 Å². The molecule has 4 nitrogen and oxygen atoms in total. The smallest absolute Gasteiger partial charge is 0.241 e. The number of nitrogens with one attached hydrogen (secondary N) is 2. The van der Waals surface area contributed by atoms with Crippen LogP contribution in [-0.4, -0.2) is 40.4 Å². The van der Waals surface area contributed by atoms with Crippen molar-refractivity contribution in [3.8, 4) is 0 Å². The highest BCUT2D eigenvalue weighted by Crippen LogP contribution is 2.21. The van der Waals surface area contributed by atoms with E-state index in [-0.39, 0.29) is 18.1 Å². The molecule has 98 valence electrons. The second-order valence-electron chi connectivity index (χ2n) is 4.81. The topological polar surface area (TPSA) is 48.1 Å². The molecule has 1 saturated heterocycles. The molecule has 1 fully saturated rings. The summed E-state index contributed by atoms with van der Waals surface area (Å²) in [4.78, 5) is 17.0. The fourth-order valence-corrected chi connectivity index (χ4v) is 2.83. The molecule has 1 amide bonds. The molecule has 1 aromatic carbocycles. The Morgan fingerprint density at radius 3 is 2.95 bits per heavy atom. The first-order valence-corrected chi connectivity index (χ1v) is 6.71. The molecular weight excluding hydrogens is 258 g/mol. The normalized spacial score (nSPS) is 23.2. The van der Waals surface area contributed by atoms with Gasteiger partial charge in [0.2, 0.25) is 5.91 Å². The summed E-state index contributed by atoms with van der Waals surface area (Å²) in [7, 11) is 1.78. The average molecular weight is 273 g/mol. The van der Waals surface area contributed by atoms with E-state index >= 15 is 0 Å². The zero-order valence-corrected chi connectivity index (χ0v) is 11.4. The molecular formula is C14H15N3OS. The third-order valence-electron chi connectivity index (χ3n) is 3.66. The summed E-state index contributed by atoms with van der Waals surface area (Å²) in [5.74, 6) is 0.0939. The molecule has 19 heavy (non-hydrogen) atoms. The predicted octanol–water partition coefficient (Wildman–Crippen LogP) is 1.47. The van der Waals surface area contributed by atoms with E-state index in [1.807, 2.05) is 24.4 Å². The predicted molar refractivity (Wildman–Crippen MR) is 79.1 cm³/mol. The lowest BCUT2D eigenvalue weighted by atomic mass is 10.1.